The Kier molecular flexibility index (Phi) is 8.47. The predicted molar refractivity (Wildman–Crippen MR) is 133 cm³/mol. The van der Waals surface area contributed by atoms with Crippen molar-refractivity contribution in [3.63, 3.8) is 0 Å². The first-order valence-corrected chi connectivity index (χ1v) is 11.7. The summed E-state index contributed by atoms with van der Waals surface area (Å²) >= 11 is 0. The number of aryl methyl sites for hydroxylation is 1. The number of hydrogen-bond donors (Lipinski definition) is 1. The number of hydrogen-bond acceptors (Lipinski definition) is 3. The Morgan fingerprint density at radius 3 is 2.33 bits per heavy atom. The predicted octanol–water partition coefficient (Wildman–Crippen LogP) is 5.25. The van der Waals surface area contributed by atoms with Crippen LogP contribution in [0.15, 0.2) is 66.7 Å². The van der Waals surface area contributed by atoms with E-state index in [2.05, 4.69) is 5.32 Å². The van der Waals surface area contributed by atoms with E-state index in [0.717, 1.165) is 28.3 Å². The third kappa shape index (κ3) is 6.35. The van der Waals surface area contributed by atoms with E-state index in [-0.39, 0.29) is 24.5 Å². The summed E-state index contributed by atoms with van der Waals surface area (Å²) in [5.41, 5.74) is 2.13. The van der Waals surface area contributed by atoms with Gasteiger partial charge in [0.2, 0.25) is 5.91 Å². The van der Waals surface area contributed by atoms with Gasteiger partial charge in [0, 0.05) is 18.0 Å². The van der Waals surface area contributed by atoms with E-state index in [4.69, 9.17) is 4.74 Å². The lowest BCUT2D eigenvalue weighted by molar-refractivity contribution is -0.143. The molecular weight excluding hydrogens is 412 g/mol. The van der Waals surface area contributed by atoms with E-state index in [1.165, 1.54) is 0 Å². The number of carbonyl (C=O) groups excluding carboxylic acids is 2. The van der Waals surface area contributed by atoms with Crippen molar-refractivity contribution >= 4 is 22.6 Å². The van der Waals surface area contributed by atoms with Crippen LogP contribution >= 0.6 is 0 Å². The summed E-state index contributed by atoms with van der Waals surface area (Å²) in [6.45, 7) is 8.18. The van der Waals surface area contributed by atoms with Crippen molar-refractivity contribution in [3.05, 3.63) is 77.9 Å². The van der Waals surface area contributed by atoms with Gasteiger partial charge in [-0.15, -0.1) is 0 Å². The Balaban J connectivity index is 1.82. The fourth-order valence-electron chi connectivity index (χ4n) is 3.79. The average molecular weight is 447 g/mol. The molecule has 0 aliphatic carbocycles. The molecule has 2 amide bonds. The summed E-state index contributed by atoms with van der Waals surface area (Å²) in [5, 5.41) is 5.05. The van der Waals surface area contributed by atoms with Gasteiger partial charge < -0.3 is 15.0 Å². The molecule has 5 nitrogen and oxygen atoms in total. The minimum atomic E-state index is -0.566. The summed E-state index contributed by atoms with van der Waals surface area (Å²) in [7, 11) is 0. The fourth-order valence-corrected chi connectivity index (χ4v) is 3.79. The van der Waals surface area contributed by atoms with Gasteiger partial charge in [0.1, 0.15) is 11.8 Å². The number of nitrogens with zero attached hydrogens (tertiary/aromatic N) is 1. The van der Waals surface area contributed by atoms with Crippen LogP contribution in [0.4, 0.5) is 0 Å². The van der Waals surface area contributed by atoms with Crippen molar-refractivity contribution in [1.82, 2.24) is 10.2 Å². The molecular formula is C28H34N2O3. The number of ether oxygens (including phenoxy) is 1. The molecule has 0 saturated heterocycles. The first kappa shape index (κ1) is 24.3. The fraction of sp³-hybridized carbons (Fsp3) is 0.357. The molecule has 0 heterocycles. The lowest BCUT2D eigenvalue weighted by Gasteiger charge is -2.31. The zero-order chi connectivity index (χ0) is 23.8. The Morgan fingerprint density at radius 1 is 0.939 bits per heavy atom. The summed E-state index contributed by atoms with van der Waals surface area (Å²) in [5.74, 6) is 0.320. The summed E-state index contributed by atoms with van der Waals surface area (Å²) in [6.07, 6.45) is 1.35. The third-order valence-corrected chi connectivity index (χ3v) is 5.96. The Hall–Kier alpha value is -3.34. The highest BCUT2D eigenvalue weighted by atomic mass is 16.5. The molecule has 3 aromatic carbocycles. The molecule has 0 aliphatic heterocycles. The van der Waals surface area contributed by atoms with Gasteiger partial charge in [-0.3, -0.25) is 9.59 Å². The van der Waals surface area contributed by atoms with E-state index in [0.29, 0.717) is 18.7 Å². The van der Waals surface area contributed by atoms with Crippen LogP contribution < -0.4 is 10.1 Å². The zero-order valence-electron chi connectivity index (χ0n) is 20.0. The van der Waals surface area contributed by atoms with E-state index in [1.54, 1.807) is 4.90 Å². The van der Waals surface area contributed by atoms with E-state index in [9.17, 15) is 9.59 Å². The van der Waals surface area contributed by atoms with Crippen molar-refractivity contribution in [2.75, 3.05) is 6.61 Å². The van der Waals surface area contributed by atoms with Crippen LogP contribution in [-0.4, -0.2) is 35.4 Å². The summed E-state index contributed by atoms with van der Waals surface area (Å²) in [4.78, 5) is 28.1. The molecule has 0 fully saturated rings. The molecule has 0 bridgehead atoms. The largest absolute Gasteiger partial charge is 0.483 e. The van der Waals surface area contributed by atoms with Crippen molar-refractivity contribution in [1.29, 1.82) is 0 Å². The molecule has 174 valence electrons. The molecule has 3 aromatic rings. The van der Waals surface area contributed by atoms with E-state index >= 15 is 0 Å². The van der Waals surface area contributed by atoms with Crippen molar-refractivity contribution in [2.24, 2.45) is 0 Å². The second-order valence-corrected chi connectivity index (χ2v) is 8.52. The minimum Gasteiger partial charge on any atom is -0.483 e. The number of carbonyl (C=O) groups is 2. The number of rotatable bonds is 10. The van der Waals surface area contributed by atoms with Crippen LogP contribution in [0.25, 0.3) is 10.8 Å². The van der Waals surface area contributed by atoms with Crippen LogP contribution in [-0.2, 0) is 16.1 Å². The lowest BCUT2D eigenvalue weighted by atomic mass is 10.1. The first-order chi connectivity index (χ1) is 15.9. The summed E-state index contributed by atoms with van der Waals surface area (Å²) in [6, 6.07) is 21.2. The molecule has 0 aliphatic rings. The number of amides is 2. The first-order valence-electron chi connectivity index (χ1n) is 11.7. The van der Waals surface area contributed by atoms with Crippen LogP contribution in [0.5, 0.6) is 5.75 Å². The molecule has 5 heteroatoms. The van der Waals surface area contributed by atoms with Gasteiger partial charge in [-0.2, -0.15) is 0 Å². The van der Waals surface area contributed by atoms with Crippen molar-refractivity contribution in [3.8, 4) is 5.75 Å². The maximum atomic E-state index is 13.4. The highest BCUT2D eigenvalue weighted by molar-refractivity contribution is 5.90. The molecule has 3 rings (SSSR count). The second-order valence-electron chi connectivity index (χ2n) is 8.52. The maximum Gasteiger partial charge on any atom is 0.261 e. The van der Waals surface area contributed by atoms with Crippen molar-refractivity contribution in [2.45, 2.75) is 59.2 Å². The van der Waals surface area contributed by atoms with E-state index in [1.807, 2.05) is 94.4 Å². The SMILES string of the molecule is CC[C@@H](C)NC(=O)[C@@H](CC)N(Cc1ccc(C)cc1)C(=O)COc1cccc2ccccc12. The van der Waals surface area contributed by atoms with Crippen LogP contribution in [0, 0.1) is 6.92 Å². The zero-order valence-corrected chi connectivity index (χ0v) is 20.0. The highest BCUT2D eigenvalue weighted by Crippen LogP contribution is 2.25. The molecule has 0 radical (unpaired) electrons. The van der Waals surface area contributed by atoms with Crippen molar-refractivity contribution < 1.29 is 14.3 Å². The van der Waals surface area contributed by atoms with Gasteiger partial charge in [-0.25, -0.2) is 0 Å². The smallest absolute Gasteiger partial charge is 0.261 e. The van der Waals surface area contributed by atoms with Gasteiger partial charge in [0.05, 0.1) is 0 Å². The van der Waals surface area contributed by atoms with Gasteiger partial charge in [0.15, 0.2) is 6.61 Å². The van der Waals surface area contributed by atoms with E-state index < -0.39 is 6.04 Å². The van der Waals surface area contributed by atoms with Crippen LogP contribution in [0.3, 0.4) is 0 Å². The average Bonchev–Trinajstić information content (AvgIpc) is 2.83. The molecule has 0 unspecified atom stereocenters. The molecule has 33 heavy (non-hydrogen) atoms. The monoisotopic (exact) mass is 446 g/mol. The number of nitrogens with one attached hydrogen (secondary N) is 1. The maximum absolute atomic E-state index is 13.4. The van der Waals surface area contributed by atoms with Gasteiger partial charge in [-0.1, -0.05) is 80.1 Å². The quantitative estimate of drug-likeness (QED) is 0.463. The molecule has 0 saturated carbocycles. The third-order valence-electron chi connectivity index (χ3n) is 5.96. The normalized spacial score (nSPS) is 12.7. The molecule has 0 spiro atoms. The van der Waals surface area contributed by atoms with Gasteiger partial charge in [-0.05, 0) is 43.7 Å². The Bertz CT molecular complexity index is 1070. The summed E-state index contributed by atoms with van der Waals surface area (Å²) < 4.78 is 5.97. The number of benzene rings is 3. The molecule has 1 N–H and O–H groups in total. The van der Waals surface area contributed by atoms with Gasteiger partial charge in [0.25, 0.3) is 5.91 Å². The standard InChI is InChI=1S/C28H34N2O3/c1-5-21(4)29-28(32)25(6-2)30(18-22-16-14-20(3)15-17-22)27(31)19-33-26-13-9-11-23-10-7-8-12-24(23)26/h7-17,21,25H,5-6,18-19H2,1-4H3,(H,29,32)/t21-,25-/m1/s1. The van der Waals surface area contributed by atoms with Crippen LogP contribution in [0.2, 0.25) is 0 Å². The van der Waals surface area contributed by atoms with Crippen LogP contribution in [0.1, 0.15) is 44.7 Å². The van der Waals surface area contributed by atoms with Gasteiger partial charge >= 0.3 is 0 Å². The molecule has 0 aromatic heterocycles. The topological polar surface area (TPSA) is 58.6 Å². The molecule has 2 atom stereocenters. The Labute approximate surface area is 196 Å². The Morgan fingerprint density at radius 2 is 1.64 bits per heavy atom. The highest BCUT2D eigenvalue weighted by Gasteiger charge is 2.29. The lowest BCUT2D eigenvalue weighted by Crippen LogP contribution is -2.51. The minimum absolute atomic E-state index is 0.0508. The number of fused-ring (bicyclic) bond motifs is 1. The second kappa shape index (κ2) is 11.5.